The number of ether oxygens (including phenoxy) is 1. The maximum absolute atomic E-state index is 11.5. The van der Waals surface area contributed by atoms with Gasteiger partial charge in [-0.3, -0.25) is 4.79 Å². The van der Waals surface area contributed by atoms with Crippen molar-refractivity contribution in [1.29, 1.82) is 0 Å². The fourth-order valence-electron chi connectivity index (χ4n) is 1.04. The van der Waals surface area contributed by atoms with Crippen LogP contribution in [0.5, 0.6) is 5.75 Å². The molecule has 0 aliphatic rings. The van der Waals surface area contributed by atoms with Gasteiger partial charge in [0, 0.05) is 6.54 Å². The monoisotopic (exact) mass is 258 g/mol. The van der Waals surface area contributed by atoms with Crippen LogP contribution >= 0.6 is 0 Å². The van der Waals surface area contributed by atoms with E-state index in [1.54, 1.807) is 30.3 Å². The van der Waals surface area contributed by atoms with Crippen LogP contribution in [-0.2, 0) is 20.8 Å². The maximum Gasteiger partial charge on any atom is 0.325 e. The number of hydrogen-bond acceptors (Lipinski definition) is 5. The number of benzene rings is 1. The van der Waals surface area contributed by atoms with Gasteiger partial charge in [-0.1, -0.05) is 18.2 Å². The number of hydrogen-bond donors (Lipinski definition) is 2. The molecular formula is C10H14N2O4S. The molecule has 17 heavy (non-hydrogen) atoms. The number of para-hydroxylation sites is 1. The van der Waals surface area contributed by atoms with Crippen LogP contribution in [0.15, 0.2) is 30.3 Å². The summed E-state index contributed by atoms with van der Waals surface area (Å²) < 4.78 is 23.5. The molecule has 1 rings (SSSR count). The molecule has 0 aliphatic carbocycles. The van der Waals surface area contributed by atoms with E-state index < -0.39 is 23.3 Å². The second-order valence-electron chi connectivity index (χ2n) is 3.06. The highest BCUT2D eigenvalue weighted by atomic mass is 32.2. The Morgan fingerprint density at radius 2 is 2.12 bits per heavy atom. The smallest absolute Gasteiger partial charge is 0.325 e. The highest BCUT2D eigenvalue weighted by Crippen LogP contribution is 2.09. The summed E-state index contributed by atoms with van der Waals surface area (Å²) in [7, 11) is 1.23. The lowest BCUT2D eigenvalue weighted by Gasteiger charge is -2.13. The molecule has 0 saturated carbocycles. The zero-order valence-electron chi connectivity index (χ0n) is 9.29. The summed E-state index contributed by atoms with van der Waals surface area (Å²) in [5, 5.41) is 0. The van der Waals surface area contributed by atoms with Gasteiger partial charge in [0.1, 0.15) is 11.8 Å². The average molecular weight is 258 g/mol. The number of carbonyl (C=O) groups is 1. The van der Waals surface area contributed by atoms with Crippen LogP contribution in [0.4, 0.5) is 0 Å². The molecule has 6 nitrogen and oxygen atoms in total. The van der Waals surface area contributed by atoms with E-state index >= 15 is 0 Å². The minimum atomic E-state index is -1.85. The molecule has 3 N–H and O–H groups in total. The quantitative estimate of drug-likeness (QED) is 0.686. The average Bonchev–Trinajstić information content (AvgIpc) is 2.36. The number of carbonyl (C=O) groups excluding carboxylic acids is 1. The first-order chi connectivity index (χ1) is 8.17. The normalized spacial score (nSPS) is 13.8. The van der Waals surface area contributed by atoms with Gasteiger partial charge in [0.25, 0.3) is 11.3 Å². The summed E-state index contributed by atoms with van der Waals surface area (Å²) in [4.78, 5) is 11.2. The van der Waals surface area contributed by atoms with Crippen LogP contribution in [0.1, 0.15) is 0 Å². The van der Waals surface area contributed by atoms with Gasteiger partial charge in [0.05, 0.1) is 7.11 Å². The van der Waals surface area contributed by atoms with Crippen molar-refractivity contribution in [3.63, 3.8) is 0 Å². The van der Waals surface area contributed by atoms with Gasteiger partial charge in [0.15, 0.2) is 0 Å². The van der Waals surface area contributed by atoms with E-state index in [-0.39, 0.29) is 6.54 Å². The Labute approximate surface area is 102 Å². The van der Waals surface area contributed by atoms with E-state index in [0.717, 1.165) is 0 Å². The van der Waals surface area contributed by atoms with Crippen molar-refractivity contribution in [2.24, 2.45) is 5.73 Å². The zero-order valence-corrected chi connectivity index (χ0v) is 10.1. The second-order valence-corrected chi connectivity index (χ2v) is 3.93. The lowest BCUT2D eigenvalue weighted by atomic mass is 10.3. The number of esters is 1. The fourth-order valence-corrected chi connectivity index (χ4v) is 1.80. The molecule has 0 spiro atoms. The van der Waals surface area contributed by atoms with Gasteiger partial charge in [0.2, 0.25) is 0 Å². The van der Waals surface area contributed by atoms with Gasteiger partial charge in [-0.2, -0.15) is 8.93 Å². The Bertz CT molecular complexity index is 385. The molecular weight excluding hydrogens is 244 g/mol. The molecule has 0 aromatic heterocycles. The molecule has 0 fully saturated rings. The Morgan fingerprint density at radius 3 is 2.65 bits per heavy atom. The second kappa shape index (κ2) is 7.00. The standard InChI is InChI=1S/C10H14N2O4S/c1-15-10(13)9(7-11)12-17(14)16-8-5-3-2-4-6-8/h2-6,9,12H,7,11H2,1H3. The maximum atomic E-state index is 11.5. The summed E-state index contributed by atoms with van der Waals surface area (Å²) >= 11 is -1.85. The summed E-state index contributed by atoms with van der Waals surface area (Å²) in [5.41, 5.74) is 5.34. The molecule has 7 heteroatoms. The van der Waals surface area contributed by atoms with E-state index in [1.165, 1.54) is 7.11 Å². The molecule has 0 bridgehead atoms. The van der Waals surface area contributed by atoms with Crippen molar-refractivity contribution in [2.45, 2.75) is 6.04 Å². The Balaban J connectivity index is 2.51. The van der Waals surface area contributed by atoms with Crippen molar-refractivity contribution >= 4 is 17.2 Å². The first kappa shape index (κ1) is 13.6. The van der Waals surface area contributed by atoms with Gasteiger partial charge >= 0.3 is 5.97 Å². The predicted octanol–water partition coefficient (Wildman–Crippen LogP) is -0.266. The number of nitrogens with one attached hydrogen (secondary N) is 1. The molecule has 0 amide bonds. The molecule has 0 radical (unpaired) electrons. The molecule has 2 atom stereocenters. The number of rotatable bonds is 6. The van der Waals surface area contributed by atoms with Crippen LogP contribution < -0.4 is 14.6 Å². The van der Waals surface area contributed by atoms with Crippen LogP contribution in [0, 0.1) is 0 Å². The number of nitrogens with two attached hydrogens (primary N) is 1. The topological polar surface area (TPSA) is 90.6 Å². The Hall–Kier alpha value is -1.44. The van der Waals surface area contributed by atoms with E-state index in [0.29, 0.717) is 5.75 Å². The fraction of sp³-hybridized carbons (Fsp3) is 0.300. The largest absolute Gasteiger partial charge is 0.468 e. The summed E-state index contributed by atoms with van der Waals surface area (Å²) in [6.07, 6.45) is 0. The third-order valence-electron chi connectivity index (χ3n) is 1.88. The van der Waals surface area contributed by atoms with E-state index in [1.807, 2.05) is 0 Å². The summed E-state index contributed by atoms with van der Waals surface area (Å²) in [5.74, 6) is -0.156. The summed E-state index contributed by atoms with van der Waals surface area (Å²) in [6.45, 7) is -0.0312. The Morgan fingerprint density at radius 1 is 1.47 bits per heavy atom. The van der Waals surface area contributed by atoms with Gasteiger partial charge in [-0.15, -0.1) is 0 Å². The highest BCUT2D eigenvalue weighted by molar-refractivity contribution is 7.78. The molecule has 1 aromatic rings. The highest BCUT2D eigenvalue weighted by Gasteiger charge is 2.20. The SMILES string of the molecule is COC(=O)C(CN)NS(=O)Oc1ccccc1. The number of methoxy groups -OCH3 is 1. The van der Waals surface area contributed by atoms with Gasteiger partial charge in [-0.25, -0.2) is 0 Å². The minimum Gasteiger partial charge on any atom is -0.468 e. The third kappa shape index (κ3) is 4.51. The van der Waals surface area contributed by atoms with Crippen LogP contribution in [0.2, 0.25) is 0 Å². The molecule has 0 heterocycles. The third-order valence-corrected chi connectivity index (χ3v) is 2.70. The van der Waals surface area contributed by atoms with Gasteiger partial charge < -0.3 is 14.7 Å². The molecule has 0 aliphatic heterocycles. The molecule has 2 unspecified atom stereocenters. The lowest BCUT2D eigenvalue weighted by molar-refractivity contribution is -0.142. The first-order valence-corrected chi connectivity index (χ1v) is 5.94. The molecule has 0 saturated heterocycles. The molecule has 1 aromatic carbocycles. The van der Waals surface area contributed by atoms with E-state index in [4.69, 9.17) is 9.92 Å². The minimum absolute atomic E-state index is 0.0312. The Kier molecular flexibility index (Phi) is 5.61. The molecule has 94 valence electrons. The van der Waals surface area contributed by atoms with Crippen molar-refractivity contribution in [1.82, 2.24) is 4.72 Å². The zero-order chi connectivity index (χ0) is 12.7. The van der Waals surface area contributed by atoms with Crippen LogP contribution in [0.25, 0.3) is 0 Å². The van der Waals surface area contributed by atoms with Crippen molar-refractivity contribution < 1.29 is 17.9 Å². The summed E-state index contributed by atoms with van der Waals surface area (Å²) in [6, 6.07) is 7.73. The van der Waals surface area contributed by atoms with Crippen molar-refractivity contribution in [2.75, 3.05) is 13.7 Å². The predicted molar refractivity (Wildman–Crippen MR) is 63.2 cm³/mol. The van der Waals surface area contributed by atoms with Crippen LogP contribution in [0.3, 0.4) is 0 Å². The lowest BCUT2D eigenvalue weighted by Crippen LogP contribution is -2.45. The first-order valence-electron chi connectivity index (χ1n) is 4.86. The van der Waals surface area contributed by atoms with Crippen LogP contribution in [-0.4, -0.2) is 29.9 Å². The van der Waals surface area contributed by atoms with Gasteiger partial charge in [-0.05, 0) is 12.1 Å². The van der Waals surface area contributed by atoms with Crippen molar-refractivity contribution in [3.05, 3.63) is 30.3 Å². The van der Waals surface area contributed by atoms with E-state index in [9.17, 15) is 9.00 Å². The van der Waals surface area contributed by atoms with Crippen molar-refractivity contribution in [3.8, 4) is 5.75 Å². The van der Waals surface area contributed by atoms with E-state index in [2.05, 4.69) is 9.46 Å².